The molecular weight excluding hydrogens is 490 g/mol. The standard InChI is InChI=1S/C32H34ClN5/c1-5-21-8-7-9-22(6-2)31(21)38-32(25-11-12-27(33)30-24(25)14-16-34-30)26-19-37(17-15-28(26)36-38)29-13-10-23(18-35-29)20(3)4/h7-14,16,18,20,34H,5-6,15,17,19H2,1-4H3. The van der Waals surface area contributed by atoms with Gasteiger partial charge in [0.1, 0.15) is 5.82 Å². The molecule has 38 heavy (non-hydrogen) atoms. The highest BCUT2D eigenvalue weighted by molar-refractivity contribution is 6.35. The number of rotatable bonds is 6. The van der Waals surface area contributed by atoms with Gasteiger partial charge in [0.15, 0.2) is 0 Å². The molecule has 0 saturated heterocycles. The highest BCUT2D eigenvalue weighted by atomic mass is 35.5. The first-order valence-electron chi connectivity index (χ1n) is 13.7. The number of halogens is 1. The van der Waals surface area contributed by atoms with Crippen LogP contribution in [0.1, 0.15) is 61.6 Å². The van der Waals surface area contributed by atoms with Gasteiger partial charge in [-0.2, -0.15) is 5.10 Å². The number of fused-ring (bicyclic) bond motifs is 2. The molecule has 5 nitrogen and oxygen atoms in total. The Bertz CT molecular complexity index is 1590. The Morgan fingerprint density at radius 1 is 1.00 bits per heavy atom. The lowest BCUT2D eigenvalue weighted by Gasteiger charge is -2.28. The summed E-state index contributed by atoms with van der Waals surface area (Å²) >= 11 is 6.60. The first-order chi connectivity index (χ1) is 18.5. The number of benzene rings is 2. The van der Waals surface area contributed by atoms with Crippen LogP contribution >= 0.6 is 11.6 Å². The Morgan fingerprint density at radius 2 is 1.79 bits per heavy atom. The number of para-hydroxylation sites is 1. The lowest BCUT2D eigenvalue weighted by Crippen LogP contribution is -2.30. The van der Waals surface area contributed by atoms with Crippen LogP contribution in [0.25, 0.3) is 27.8 Å². The van der Waals surface area contributed by atoms with Crippen LogP contribution in [0.15, 0.2) is 60.9 Å². The average molecular weight is 524 g/mol. The van der Waals surface area contributed by atoms with Gasteiger partial charge in [-0.3, -0.25) is 0 Å². The van der Waals surface area contributed by atoms with Crippen LogP contribution in [-0.4, -0.2) is 26.3 Å². The normalized spacial score (nSPS) is 13.5. The number of pyridine rings is 1. The van der Waals surface area contributed by atoms with Crippen molar-refractivity contribution in [2.24, 2.45) is 0 Å². The lowest BCUT2D eigenvalue weighted by molar-refractivity contribution is 0.704. The molecule has 0 fully saturated rings. The summed E-state index contributed by atoms with van der Waals surface area (Å²) in [5.74, 6) is 1.49. The number of hydrogen-bond donors (Lipinski definition) is 1. The maximum atomic E-state index is 6.60. The minimum atomic E-state index is 0.467. The molecule has 5 aromatic rings. The van der Waals surface area contributed by atoms with Crippen molar-refractivity contribution in [3.8, 4) is 16.9 Å². The molecule has 0 saturated carbocycles. The molecule has 6 heteroatoms. The van der Waals surface area contributed by atoms with E-state index >= 15 is 0 Å². The molecule has 0 aliphatic carbocycles. The van der Waals surface area contributed by atoms with Crippen LogP contribution < -0.4 is 4.90 Å². The van der Waals surface area contributed by atoms with Crippen LogP contribution in [0.5, 0.6) is 0 Å². The van der Waals surface area contributed by atoms with E-state index < -0.39 is 0 Å². The Balaban J connectivity index is 1.56. The van der Waals surface area contributed by atoms with Gasteiger partial charge in [0.2, 0.25) is 0 Å². The fraction of sp³-hybridized carbons (Fsp3) is 0.312. The summed E-state index contributed by atoms with van der Waals surface area (Å²) in [7, 11) is 0. The van der Waals surface area contributed by atoms with E-state index in [1.165, 1.54) is 33.6 Å². The van der Waals surface area contributed by atoms with Gasteiger partial charge in [0, 0.05) is 48.4 Å². The van der Waals surface area contributed by atoms with E-state index in [1.54, 1.807) is 0 Å². The molecule has 4 heterocycles. The van der Waals surface area contributed by atoms with E-state index in [4.69, 9.17) is 21.7 Å². The summed E-state index contributed by atoms with van der Waals surface area (Å²) in [5.41, 5.74) is 10.8. The highest BCUT2D eigenvalue weighted by Gasteiger charge is 2.29. The van der Waals surface area contributed by atoms with Gasteiger partial charge in [0.05, 0.1) is 27.6 Å². The fourth-order valence-corrected chi connectivity index (χ4v) is 5.97. The Morgan fingerprint density at radius 3 is 2.47 bits per heavy atom. The Kier molecular flexibility index (Phi) is 6.48. The van der Waals surface area contributed by atoms with Crippen LogP contribution in [0.2, 0.25) is 5.02 Å². The number of nitrogens with one attached hydrogen (secondary N) is 1. The highest BCUT2D eigenvalue weighted by Crippen LogP contribution is 2.40. The maximum absolute atomic E-state index is 6.60. The summed E-state index contributed by atoms with van der Waals surface area (Å²) in [6.45, 7) is 10.5. The second-order valence-electron chi connectivity index (χ2n) is 10.5. The molecule has 0 bridgehead atoms. The largest absolute Gasteiger partial charge is 0.360 e. The number of aryl methyl sites for hydroxylation is 2. The van der Waals surface area contributed by atoms with Gasteiger partial charge >= 0.3 is 0 Å². The van der Waals surface area contributed by atoms with Crippen molar-refractivity contribution >= 4 is 28.3 Å². The van der Waals surface area contributed by atoms with Gasteiger partial charge in [0.25, 0.3) is 0 Å². The molecular formula is C32H34ClN5. The molecule has 1 aliphatic heterocycles. The van der Waals surface area contributed by atoms with E-state index in [1.807, 2.05) is 18.5 Å². The lowest BCUT2D eigenvalue weighted by atomic mass is 9.97. The maximum Gasteiger partial charge on any atom is 0.128 e. The van der Waals surface area contributed by atoms with Gasteiger partial charge in [-0.1, -0.05) is 69.6 Å². The third-order valence-corrected chi connectivity index (χ3v) is 8.21. The smallest absolute Gasteiger partial charge is 0.128 e. The molecule has 3 aromatic heterocycles. The third kappa shape index (κ3) is 4.10. The van der Waals surface area contributed by atoms with Crippen molar-refractivity contribution in [2.45, 2.75) is 59.4 Å². The molecule has 1 aliphatic rings. The van der Waals surface area contributed by atoms with Crippen molar-refractivity contribution in [3.05, 3.63) is 93.9 Å². The molecule has 0 unspecified atom stereocenters. The topological polar surface area (TPSA) is 49.7 Å². The molecule has 0 spiro atoms. The zero-order chi connectivity index (χ0) is 26.4. The van der Waals surface area contributed by atoms with E-state index in [2.05, 4.69) is 84.7 Å². The predicted octanol–water partition coefficient (Wildman–Crippen LogP) is 7.88. The average Bonchev–Trinajstić information content (AvgIpc) is 3.58. The number of anilines is 1. The van der Waals surface area contributed by atoms with Crippen LogP contribution in [0.3, 0.4) is 0 Å². The van der Waals surface area contributed by atoms with Gasteiger partial charge in [-0.05, 0) is 53.6 Å². The van der Waals surface area contributed by atoms with E-state index in [0.717, 1.165) is 65.4 Å². The summed E-state index contributed by atoms with van der Waals surface area (Å²) < 4.78 is 2.23. The van der Waals surface area contributed by atoms with E-state index in [-0.39, 0.29) is 0 Å². The summed E-state index contributed by atoms with van der Waals surface area (Å²) in [4.78, 5) is 10.6. The summed E-state index contributed by atoms with van der Waals surface area (Å²) in [6, 6.07) is 17.3. The van der Waals surface area contributed by atoms with Crippen LogP contribution in [0, 0.1) is 0 Å². The zero-order valence-electron chi connectivity index (χ0n) is 22.6. The molecule has 6 rings (SSSR count). The predicted molar refractivity (Wildman–Crippen MR) is 158 cm³/mol. The van der Waals surface area contributed by atoms with Gasteiger partial charge in [-0.25, -0.2) is 9.67 Å². The minimum Gasteiger partial charge on any atom is -0.360 e. The van der Waals surface area contributed by atoms with Crippen LogP contribution in [0.4, 0.5) is 5.82 Å². The number of nitrogens with zero attached hydrogens (tertiary/aromatic N) is 4. The first kappa shape index (κ1) is 24.7. The SMILES string of the molecule is CCc1cccc(CC)c1-n1nc2c(c1-c1ccc(Cl)c3[nH]ccc13)CN(c1ccc(C(C)C)cn1)CC2. The van der Waals surface area contributed by atoms with Gasteiger partial charge < -0.3 is 9.88 Å². The number of H-pyrrole nitrogens is 1. The Labute approximate surface area is 229 Å². The molecule has 1 N–H and O–H groups in total. The first-order valence-corrected chi connectivity index (χ1v) is 14.1. The number of hydrogen-bond acceptors (Lipinski definition) is 3. The Hall–Kier alpha value is -3.57. The minimum absolute atomic E-state index is 0.467. The molecule has 2 aromatic carbocycles. The fourth-order valence-electron chi connectivity index (χ4n) is 5.75. The molecule has 0 atom stereocenters. The monoisotopic (exact) mass is 523 g/mol. The van der Waals surface area contributed by atoms with Crippen molar-refractivity contribution < 1.29 is 0 Å². The molecule has 0 radical (unpaired) electrons. The van der Waals surface area contributed by atoms with Gasteiger partial charge in [-0.15, -0.1) is 0 Å². The van der Waals surface area contributed by atoms with E-state index in [0.29, 0.717) is 5.92 Å². The van der Waals surface area contributed by atoms with Crippen molar-refractivity contribution in [1.29, 1.82) is 0 Å². The number of aromatic nitrogens is 4. The third-order valence-electron chi connectivity index (χ3n) is 7.90. The van der Waals surface area contributed by atoms with Crippen molar-refractivity contribution in [1.82, 2.24) is 19.7 Å². The zero-order valence-corrected chi connectivity index (χ0v) is 23.3. The second-order valence-corrected chi connectivity index (χ2v) is 10.9. The second kappa shape index (κ2) is 9.95. The molecule has 0 amide bonds. The quantitative estimate of drug-likeness (QED) is 0.246. The molecule has 194 valence electrons. The number of aromatic amines is 1. The summed E-state index contributed by atoms with van der Waals surface area (Å²) in [5, 5.41) is 7.17. The van der Waals surface area contributed by atoms with Crippen LogP contribution in [-0.2, 0) is 25.8 Å². The van der Waals surface area contributed by atoms with Crippen molar-refractivity contribution in [3.63, 3.8) is 0 Å². The summed E-state index contributed by atoms with van der Waals surface area (Å²) in [6.07, 6.45) is 6.77. The van der Waals surface area contributed by atoms with E-state index in [9.17, 15) is 0 Å². The van der Waals surface area contributed by atoms with Crippen molar-refractivity contribution in [2.75, 3.05) is 11.4 Å².